The first kappa shape index (κ1) is 18.7. The van der Waals surface area contributed by atoms with E-state index in [4.69, 9.17) is 20.3 Å². The zero-order valence-corrected chi connectivity index (χ0v) is 14.4. The minimum Gasteiger partial charge on any atom is -0.394 e. The van der Waals surface area contributed by atoms with E-state index in [2.05, 4.69) is 47.5 Å². The first-order valence-corrected chi connectivity index (χ1v) is 9.26. The van der Waals surface area contributed by atoms with Gasteiger partial charge < -0.3 is 13.9 Å². The van der Waals surface area contributed by atoms with Crippen molar-refractivity contribution in [1.29, 1.82) is 0 Å². The molecule has 112 valence electrons. The first-order chi connectivity index (χ1) is 8.89. The Balaban J connectivity index is 4.19. The molecule has 0 aliphatic carbocycles. The molecule has 0 heterocycles. The quantitative estimate of drug-likeness (QED) is 0.264. The van der Waals surface area contributed by atoms with Crippen LogP contribution in [-0.4, -0.2) is 34.9 Å². The summed E-state index contributed by atoms with van der Waals surface area (Å²) in [5.74, 6) is 2.43. The fraction of sp³-hybridized carbons (Fsp3) is 0.867. The Hall–Kier alpha value is -0.343. The predicted octanol–water partition coefficient (Wildman–Crippen LogP) is 3.80. The van der Waals surface area contributed by atoms with Crippen molar-refractivity contribution < 1.29 is 13.9 Å². The van der Waals surface area contributed by atoms with Crippen LogP contribution >= 0.6 is 0 Å². The highest BCUT2D eigenvalue weighted by Crippen LogP contribution is 2.42. The molecule has 0 aliphatic heterocycles. The van der Waals surface area contributed by atoms with Gasteiger partial charge in [0.2, 0.25) is 8.32 Å². The van der Waals surface area contributed by atoms with Gasteiger partial charge >= 0.3 is 0 Å². The molecular weight excluding hydrogens is 256 g/mol. The molecule has 0 radical (unpaired) electrons. The molecule has 0 spiro atoms. The third-order valence-electron chi connectivity index (χ3n) is 3.66. The average molecular weight is 286 g/mol. The lowest BCUT2D eigenvalue weighted by molar-refractivity contribution is -0.0204. The third kappa shape index (κ3) is 5.66. The lowest BCUT2D eigenvalue weighted by Gasteiger charge is -2.41. The summed E-state index contributed by atoms with van der Waals surface area (Å²) in [5.41, 5.74) is 1.73. The van der Waals surface area contributed by atoms with Gasteiger partial charge in [-0.2, -0.15) is 0 Å². The van der Waals surface area contributed by atoms with E-state index in [0.717, 1.165) is 0 Å². The van der Waals surface area contributed by atoms with Crippen LogP contribution in [0.2, 0.25) is 16.6 Å². The summed E-state index contributed by atoms with van der Waals surface area (Å²) in [6.45, 7) is 15.3. The smallest absolute Gasteiger partial charge is 0.203 e. The Bertz CT molecular complexity index is 247. The summed E-state index contributed by atoms with van der Waals surface area (Å²) in [5, 5.41) is 0. The van der Waals surface area contributed by atoms with Gasteiger partial charge in [0.25, 0.3) is 0 Å². The molecule has 0 aromatic carbocycles. The average Bonchev–Trinajstić information content (AvgIpc) is 2.31. The predicted molar refractivity (Wildman–Crippen MR) is 82.6 cm³/mol. The lowest BCUT2D eigenvalue weighted by atomic mass is 10.5. The molecule has 0 unspecified atom stereocenters. The Labute approximate surface area is 120 Å². The second-order valence-corrected chi connectivity index (χ2v) is 11.2. The molecule has 0 aromatic rings. The molecule has 0 amide bonds. The molecule has 4 heteroatoms. The van der Waals surface area contributed by atoms with Gasteiger partial charge in [-0.05, 0) is 16.6 Å². The Kier molecular flexibility index (Phi) is 9.37. The maximum absolute atomic E-state index is 6.24. The van der Waals surface area contributed by atoms with Crippen LogP contribution < -0.4 is 0 Å². The van der Waals surface area contributed by atoms with Crippen molar-refractivity contribution in [2.24, 2.45) is 0 Å². The van der Waals surface area contributed by atoms with Gasteiger partial charge in [-0.25, -0.2) is 0 Å². The van der Waals surface area contributed by atoms with Gasteiger partial charge in [0, 0.05) is 0 Å². The highest BCUT2D eigenvalue weighted by molar-refractivity contribution is 6.77. The SMILES string of the molecule is C#CCOCCOCO[Si](C(C)C)(C(C)C)C(C)C. The number of hydrogen-bond acceptors (Lipinski definition) is 3. The van der Waals surface area contributed by atoms with Crippen LogP contribution in [0.3, 0.4) is 0 Å². The van der Waals surface area contributed by atoms with Crippen molar-refractivity contribution in [2.45, 2.75) is 58.2 Å². The van der Waals surface area contributed by atoms with Crippen molar-refractivity contribution >= 4 is 8.32 Å². The van der Waals surface area contributed by atoms with E-state index in [1.54, 1.807) is 0 Å². The largest absolute Gasteiger partial charge is 0.394 e. The highest BCUT2D eigenvalue weighted by Gasteiger charge is 2.45. The van der Waals surface area contributed by atoms with Crippen molar-refractivity contribution in [2.75, 3.05) is 26.6 Å². The van der Waals surface area contributed by atoms with E-state index in [-0.39, 0.29) is 0 Å². The zero-order valence-electron chi connectivity index (χ0n) is 13.4. The van der Waals surface area contributed by atoms with E-state index in [1.807, 2.05) is 0 Å². The maximum atomic E-state index is 6.24. The number of terminal acetylenes is 1. The zero-order chi connectivity index (χ0) is 14.9. The van der Waals surface area contributed by atoms with E-state index in [9.17, 15) is 0 Å². The topological polar surface area (TPSA) is 27.7 Å². The maximum Gasteiger partial charge on any atom is 0.203 e. The Morgan fingerprint density at radius 2 is 1.37 bits per heavy atom. The van der Waals surface area contributed by atoms with Gasteiger partial charge in [-0.15, -0.1) is 6.42 Å². The second-order valence-electron chi connectivity index (χ2n) is 5.74. The summed E-state index contributed by atoms with van der Waals surface area (Å²) < 4.78 is 16.9. The summed E-state index contributed by atoms with van der Waals surface area (Å²) in [4.78, 5) is 0. The van der Waals surface area contributed by atoms with Crippen molar-refractivity contribution in [3.05, 3.63) is 0 Å². The first-order valence-electron chi connectivity index (χ1n) is 7.12. The summed E-state index contributed by atoms with van der Waals surface area (Å²) in [6.07, 6.45) is 5.09. The molecule has 0 saturated carbocycles. The van der Waals surface area contributed by atoms with Crippen LogP contribution in [0.1, 0.15) is 41.5 Å². The molecular formula is C15H30O3Si. The van der Waals surface area contributed by atoms with Crippen LogP contribution in [0.15, 0.2) is 0 Å². The van der Waals surface area contributed by atoms with Gasteiger partial charge in [-0.1, -0.05) is 47.5 Å². The third-order valence-corrected chi connectivity index (χ3v) is 9.69. The minimum absolute atomic E-state index is 0.340. The van der Waals surface area contributed by atoms with Gasteiger partial charge in [0.15, 0.2) is 0 Å². The Morgan fingerprint density at radius 1 is 0.895 bits per heavy atom. The van der Waals surface area contributed by atoms with Crippen LogP contribution in [-0.2, 0) is 13.9 Å². The van der Waals surface area contributed by atoms with Crippen molar-refractivity contribution in [1.82, 2.24) is 0 Å². The molecule has 0 atom stereocenters. The summed E-state index contributed by atoms with van der Waals surface area (Å²) >= 11 is 0. The molecule has 0 rings (SSSR count). The van der Waals surface area contributed by atoms with Crippen LogP contribution in [0, 0.1) is 12.3 Å². The fourth-order valence-corrected chi connectivity index (χ4v) is 8.24. The summed E-state index contributed by atoms with van der Waals surface area (Å²) in [7, 11) is -1.80. The molecule has 0 bridgehead atoms. The van der Waals surface area contributed by atoms with Crippen LogP contribution in [0.25, 0.3) is 0 Å². The summed E-state index contributed by atoms with van der Waals surface area (Å²) in [6, 6.07) is 0. The molecule has 0 aliphatic rings. The molecule has 0 aromatic heterocycles. The number of ether oxygens (including phenoxy) is 2. The normalized spacial score (nSPS) is 12.4. The lowest BCUT2D eigenvalue weighted by Crippen LogP contribution is -2.48. The van der Waals surface area contributed by atoms with Crippen molar-refractivity contribution in [3.63, 3.8) is 0 Å². The Morgan fingerprint density at radius 3 is 1.79 bits per heavy atom. The van der Waals surface area contributed by atoms with Gasteiger partial charge in [0.05, 0.1) is 13.2 Å². The molecule has 0 fully saturated rings. The monoisotopic (exact) mass is 286 g/mol. The molecule has 3 nitrogen and oxygen atoms in total. The fourth-order valence-electron chi connectivity index (χ4n) is 2.95. The van der Waals surface area contributed by atoms with Gasteiger partial charge in [0.1, 0.15) is 13.4 Å². The highest BCUT2D eigenvalue weighted by atomic mass is 28.4. The van der Waals surface area contributed by atoms with Gasteiger partial charge in [-0.3, -0.25) is 0 Å². The second kappa shape index (κ2) is 9.54. The van der Waals surface area contributed by atoms with E-state index in [0.29, 0.717) is 43.2 Å². The minimum atomic E-state index is -1.80. The van der Waals surface area contributed by atoms with Crippen LogP contribution in [0.4, 0.5) is 0 Å². The molecule has 19 heavy (non-hydrogen) atoms. The van der Waals surface area contributed by atoms with E-state index in [1.165, 1.54) is 0 Å². The van der Waals surface area contributed by atoms with E-state index >= 15 is 0 Å². The van der Waals surface area contributed by atoms with Crippen molar-refractivity contribution in [3.8, 4) is 12.3 Å². The number of rotatable bonds is 10. The number of hydrogen-bond donors (Lipinski definition) is 0. The van der Waals surface area contributed by atoms with Crippen LogP contribution in [0.5, 0.6) is 0 Å². The molecule has 0 saturated heterocycles. The van der Waals surface area contributed by atoms with E-state index < -0.39 is 8.32 Å². The molecule has 0 N–H and O–H groups in total. The standard InChI is InChI=1S/C15H30O3Si/c1-8-9-16-10-11-17-12-18-19(13(2)3,14(4)5)15(6)7/h1,13-15H,9-12H2,2-7H3.